The molecule has 0 aliphatic carbocycles. The maximum Gasteiger partial charge on any atom is 0.102 e. The Bertz CT molecular complexity index is 104. The second-order valence-corrected chi connectivity index (χ2v) is 1.86. The zero-order valence-electron chi connectivity index (χ0n) is 6.43. The third-order valence-electron chi connectivity index (χ3n) is 0.334. The number of rotatable bonds is 0. The van der Waals surface area contributed by atoms with Crippen LogP contribution >= 0.6 is 12.2 Å². The third kappa shape index (κ3) is 18.4. The van der Waals surface area contributed by atoms with Crippen LogP contribution < -0.4 is 5.73 Å². The van der Waals surface area contributed by atoms with Crippen LogP contribution in [0.1, 0.15) is 27.7 Å². The zero-order valence-corrected chi connectivity index (χ0v) is 7.25. The highest BCUT2D eigenvalue weighted by Crippen LogP contribution is 1.74. The normalized spacial score (nSPS) is 9.56. The predicted octanol–water partition coefficient (Wildman–Crippen LogP) is 1.74. The standard InChI is InChI=1S/C4H8N2S.C2H6/c1-3(5)6-4(2)7;1-2/h1-2H3,(H2,5,6,7);1-2H3. The van der Waals surface area contributed by atoms with Gasteiger partial charge in [-0.2, -0.15) is 0 Å². The van der Waals surface area contributed by atoms with E-state index in [4.69, 9.17) is 5.73 Å². The van der Waals surface area contributed by atoms with Crippen molar-refractivity contribution in [3.63, 3.8) is 0 Å². The molecule has 0 saturated heterocycles. The molecule has 0 aliphatic heterocycles. The van der Waals surface area contributed by atoms with Crippen LogP contribution in [0.15, 0.2) is 4.99 Å². The van der Waals surface area contributed by atoms with Crippen LogP contribution in [-0.4, -0.2) is 10.8 Å². The molecule has 0 radical (unpaired) electrons. The Morgan fingerprint density at radius 3 is 1.67 bits per heavy atom. The number of hydrogen-bond acceptors (Lipinski definition) is 1. The summed E-state index contributed by atoms with van der Waals surface area (Å²) in [5.74, 6) is 0.521. The van der Waals surface area contributed by atoms with E-state index in [9.17, 15) is 0 Å². The number of nitrogens with two attached hydrogens (primary N) is 1. The number of aliphatic imine (C=N–C) groups is 1. The van der Waals surface area contributed by atoms with Gasteiger partial charge >= 0.3 is 0 Å². The first-order chi connectivity index (χ1) is 4.13. The van der Waals surface area contributed by atoms with E-state index in [0.717, 1.165) is 0 Å². The molecule has 2 nitrogen and oxygen atoms in total. The summed E-state index contributed by atoms with van der Waals surface area (Å²) in [7, 11) is 0. The summed E-state index contributed by atoms with van der Waals surface area (Å²) in [4.78, 5) is 4.29. The van der Waals surface area contributed by atoms with Crippen molar-refractivity contribution in [2.24, 2.45) is 10.7 Å². The van der Waals surface area contributed by atoms with Crippen molar-refractivity contribution < 1.29 is 0 Å². The smallest absolute Gasteiger partial charge is 0.102 e. The molecule has 0 spiro atoms. The van der Waals surface area contributed by atoms with Gasteiger partial charge in [-0.05, 0) is 13.8 Å². The molecular formula is C6H14N2S. The van der Waals surface area contributed by atoms with Crippen LogP contribution in [0.25, 0.3) is 0 Å². The Balaban J connectivity index is 0. The van der Waals surface area contributed by atoms with E-state index in [1.807, 2.05) is 13.8 Å². The molecule has 9 heavy (non-hydrogen) atoms. The van der Waals surface area contributed by atoms with Gasteiger partial charge in [0.15, 0.2) is 0 Å². The van der Waals surface area contributed by atoms with E-state index in [0.29, 0.717) is 10.8 Å². The number of thiocarbonyl (C=S) groups is 1. The monoisotopic (exact) mass is 146 g/mol. The molecule has 0 aromatic heterocycles. The van der Waals surface area contributed by atoms with Gasteiger partial charge in [-0.25, -0.2) is 4.99 Å². The van der Waals surface area contributed by atoms with E-state index in [-0.39, 0.29) is 0 Å². The molecule has 54 valence electrons. The summed E-state index contributed by atoms with van der Waals surface area (Å²) < 4.78 is 0. The third-order valence-corrected chi connectivity index (χ3v) is 0.425. The highest BCUT2D eigenvalue weighted by Gasteiger charge is 1.77. The average molecular weight is 146 g/mol. The summed E-state index contributed by atoms with van der Waals surface area (Å²) in [6.45, 7) is 7.43. The fourth-order valence-electron chi connectivity index (χ4n) is 0.248. The minimum atomic E-state index is 0.521. The lowest BCUT2D eigenvalue weighted by atomic mass is 10.7. The van der Waals surface area contributed by atoms with Crippen molar-refractivity contribution in [2.75, 3.05) is 0 Å². The first-order valence-electron chi connectivity index (χ1n) is 2.94. The van der Waals surface area contributed by atoms with E-state index < -0.39 is 0 Å². The Morgan fingerprint density at radius 2 is 1.67 bits per heavy atom. The van der Waals surface area contributed by atoms with Gasteiger partial charge < -0.3 is 5.73 Å². The zero-order chi connectivity index (χ0) is 7.86. The topological polar surface area (TPSA) is 38.4 Å². The Labute approximate surface area is 62.2 Å². The van der Waals surface area contributed by atoms with Crippen molar-refractivity contribution in [3.8, 4) is 0 Å². The maximum atomic E-state index is 5.16. The SMILES string of the molecule is CC.CC(=S)N=C(C)N. The minimum absolute atomic E-state index is 0.521. The van der Waals surface area contributed by atoms with E-state index >= 15 is 0 Å². The Hall–Kier alpha value is -0.440. The van der Waals surface area contributed by atoms with Crippen LogP contribution in [0.3, 0.4) is 0 Å². The lowest BCUT2D eigenvalue weighted by Crippen LogP contribution is -2.06. The molecule has 0 rings (SSSR count). The molecule has 0 unspecified atom stereocenters. The lowest BCUT2D eigenvalue weighted by Gasteiger charge is -1.84. The van der Waals surface area contributed by atoms with Crippen LogP contribution in [0.5, 0.6) is 0 Å². The first-order valence-corrected chi connectivity index (χ1v) is 3.35. The van der Waals surface area contributed by atoms with Gasteiger partial charge in [0.1, 0.15) is 4.99 Å². The van der Waals surface area contributed by atoms with E-state index in [1.165, 1.54) is 0 Å². The molecule has 0 heterocycles. The molecule has 3 heteroatoms. The van der Waals surface area contributed by atoms with Gasteiger partial charge in [0.25, 0.3) is 0 Å². The number of hydrogen-bond donors (Lipinski definition) is 1. The quantitative estimate of drug-likeness (QED) is 0.321. The highest BCUT2D eigenvalue weighted by atomic mass is 32.1. The van der Waals surface area contributed by atoms with Crippen LogP contribution in [-0.2, 0) is 0 Å². The molecule has 0 aromatic rings. The molecular weight excluding hydrogens is 132 g/mol. The van der Waals surface area contributed by atoms with Crippen LogP contribution in [0.2, 0.25) is 0 Å². The predicted molar refractivity (Wildman–Crippen MR) is 46.9 cm³/mol. The van der Waals surface area contributed by atoms with Gasteiger partial charge in [-0.1, -0.05) is 26.1 Å². The second kappa shape index (κ2) is 7.56. The molecule has 0 bridgehead atoms. The van der Waals surface area contributed by atoms with Gasteiger partial charge in [0.05, 0.1) is 5.84 Å². The Morgan fingerprint density at radius 1 is 1.33 bits per heavy atom. The lowest BCUT2D eigenvalue weighted by molar-refractivity contribution is 1.50. The van der Waals surface area contributed by atoms with Gasteiger partial charge in [0.2, 0.25) is 0 Å². The second-order valence-electron chi connectivity index (χ2n) is 1.27. The number of nitrogens with zero attached hydrogens (tertiary/aromatic N) is 1. The minimum Gasteiger partial charge on any atom is -0.387 e. The summed E-state index contributed by atoms with van der Waals surface area (Å²) in [6, 6.07) is 0. The van der Waals surface area contributed by atoms with Crippen molar-refractivity contribution >= 4 is 23.0 Å². The van der Waals surface area contributed by atoms with Crippen LogP contribution in [0.4, 0.5) is 0 Å². The fourth-order valence-corrected chi connectivity index (χ4v) is 0.392. The van der Waals surface area contributed by atoms with Crippen molar-refractivity contribution in [1.82, 2.24) is 0 Å². The molecule has 0 fully saturated rings. The summed E-state index contributed by atoms with van der Waals surface area (Å²) in [5, 5.41) is 0. The molecule has 0 amide bonds. The van der Waals surface area contributed by atoms with Crippen LogP contribution in [0, 0.1) is 0 Å². The largest absolute Gasteiger partial charge is 0.387 e. The molecule has 2 N–H and O–H groups in total. The van der Waals surface area contributed by atoms with E-state index in [1.54, 1.807) is 13.8 Å². The van der Waals surface area contributed by atoms with E-state index in [2.05, 4.69) is 17.2 Å². The Kier molecular flexibility index (Phi) is 9.55. The van der Waals surface area contributed by atoms with Crippen molar-refractivity contribution in [2.45, 2.75) is 27.7 Å². The molecule has 0 atom stereocenters. The summed E-state index contributed by atoms with van der Waals surface area (Å²) >= 11 is 4.60. The first kappa shape index (κ1) is 11.4. The highest BCUT2D eigenvalue weighted by molar-refractivity contribution is 7.80. The molecule has 0 aromatic carbocycles. The maximum absolute atomic E-state index is 5.16. The van der Waals surface area contributed by atoms with Gasteiger partial charge in [-0.3, -0.25) is 0 Å². The van der Waals surface area contributed by atoms with Crippen molar-refractivity contribution in [1.29, 1.82) is 0 Å². The van der Waals surface area contributed by atoms with Gasteiger partial charge in [-0.15, -0.1) is 0 Å². The summed E-state index contributed by atoms with van der Waals surface area (Å²) in [6.07, 6.45) is 0. The molecule has 0 saturated carbocycles. The average Bonchev–Trinajstić information content (AvgIpc) is 1.68. The fraction of sp³-hybridized carbons (Fsp3) is 0.667. The molecule has 0 aliphatic rings. The number of amidine groups is 1. The summed E-state index contributed by atoms with van der Waals surface area (Å²) in [5.41, 5.74) is 5.16. The van der Waals surface area contributed by atoms with Crippen molar-refractivity contribution in [3.05, 3.63) is 0 Å². The van der Waals surface area contributed by atoms with Gasteiger partial charge in [0, 0.05) is 0 Å².